The number of hydrogen-bond acceptors (Lipinski definition) is 8. The van der Waals surface area contributed by atoms with Crippen molar-refractivity contribution in [3.63, 3.8) is 0 Å². The molecule has 0 aliphatic rings. The van der Waals surface area contributed by atoms with Gasteiger partial charge in [0.1, 0.15) is 0 Å². The van der Waals surface area contributed by atoms with Gasteiger partial charge in [-0.05, 0) is 0 Å². The van der Waals surface area contributed by atoms with E-state index in [-0.39, 0.29) is 0 Å². The zero-order valence-corrected chi connectivity index (χ0v) is 22.0. The first-order valence-corrected chi connectivity index (χ1v) is 17.0. The Morgan fingerprint density at radius 2 is 1.00 bits per heavy atom. The number of carbonyl (C=O) groups excluding carboxylic acids is 4. The quantitative estimate of drug-likeness (QED) is 0.314. The number of benzene rings is 2. The van der Waals surface area contributed by atoms with E-state index in [2.05, 4.69) is 0 Å². The van der Waals surface area contributed by atoms with E-state index in [9.17, 15) is 19.2 Å². The summed E-state index contributed by atoms with van der Waals surface area (Å²) in [5, 5.41) is 0. The van der Waals surface area contributed by atoms with E-state index in [0.29, 0.717) is 20.0 Å². The molecule has 0 bridgehead atoms. The van der Waals surface area contributed by atoms with Gasteiger partial charge in [-0.25, -0.2) is 0 Å². The van der Waals surface area contributed by atoms with Gasteiger partial charge in [-0.2, -0.15) is 0 Å². The van der Waals surface area contributed by atoms with Crippen LogP contribution >= 0.6 is 0 Å². The van der Waals surface area contributed by atoms with E-state index < -0.39 is 55.3 Å². The maximum absolute atomic E-state index is 13.1. The summed E-state index contributed by atoms with van der Waals surface area (Å²) in [6, 6.07) is 16.9. The summed E-state index contributed by atoms with van der Waals surface area (Å²) in [4.78, 5) is 49.4. The molecule has 0 aliphatic heterocycles. The molecule has 0 saturated carbocycles. The summed E-state index contributed by atoms with van der Waals surface area (Å²) in [6.45, 7) is 5.94. The number of esters is 2. The van der Waals surface area contributed by atoms with Crippen LogP contribution in [0.25, 0.3) is 0 Å². The van der Waals surface area contributed by atoms with E-state index in [0.717, 1.165) is 0 Å². The molecular formula is C24H28O8Sn. The molecule has 0 heterocycles. The summed E-state index contributed by atoms with van der Waals surface area (Å²) in [7, 11) is 0. The molecule has 0 fully saturated rings. The molecule has 0 unspecified atom stereocenters. The normalized spacial score (nSPS) is 12.7. The number of hydrogen-bond donors (Lipinski definition) is 0. The summed E-state index contributed by atoms with van der Waals surface area (Å²) in [6.07, 6.45) is -2.56. The number of ether oxygens (including phenoxy) is 2. The van der Waals surface area contributed by atoms with Gasteiger partial charge >= 0.3 is 198 Å². The van der Waals surface area contributed by atoms with E-state index >= 15 is 0 Å². The Morgan fingerprint density at radius 3 is 1.27 bits per heavy atom. The van der Waals surface area contributed by atoms with Crippen LogP contribution in [-0.2, 0) is 34.8 Å². The van der Waals surface area contributed by atoms with Gasteiger partial charge in [0.2, 0.25) is 0 Å². The SMILES string of the molecule is C[CH2][Sn]([CH2]C)([O]C(=O)[C@@H](OC(C)=O)c1ccccc1)[O]C(=O)[C@@H](OC(C)=O)c1ccccc1. The molecule has 2 rings (SSSR count). The van der Waals surface area contributed by atoms with Crippen LogP contribution in [0.15, 0.2) is 60.7 Å². The Bertz CT molecular complexity index is 881. The molecule has 0 spiro atoms. The van der Waals surface area contributed by atoms with Gasteiger partial charge in [0.05, 0.1) is 0 Å². The molecule has 2 atom stereocenters. The molecule has 0 aliphatic carbocycles. The summed E-state index contributed by atoms with van der Waals surface area (Å²) in [5.74, 6) is -2.89. The molecule has 0 aromatic heterocycles. The van der Waals surface area contributed by atoms with Crippen molar-refractivity contribution in [2.45, 2.75) is 48.8 Å². The average molecular weight is 563 g/mol. The summed E-state index contributed by atoms with van der Waals surface area (Å²) < 4.78 is 22.7. The fourth-order valence-electron chi connectivity index (χ4n) is 3.13. The van der Waals surface area contributed by atoms with E-state index in [1.54, 1.807) is 74.5 Å². The van der Waals surface area contributed by atoms with Gasteiger partial charge in [-0.1, -0.05) is 0 Å². The molecular weight excluding hydrogens is 535 g/mol. The first-order chi connectivity index (χ1) is 15.7. The Kier molecular flexibility index (Phi) is 9.90. The Hall–Kier alpha value is -2.88. The van der Waals surface area contributed by atoms with Crippen molar-refractivity contribution in [3.05, 3.63) is 71.8 Å². The van der Waals surface area contributed by atoms with Crippen LogP contribution in [0.4, 0.5) is 0 Å². The van der Waals surface area contributed by atoms with Crippen molar-refractivity contribution in [2.75, 3.05) is 0 Å². The van der Waals surface area contributed by atoms with E-state index in [1.165, 1.54) is 13.8 Å². The van der Waals surface area contributed by atoms with Crippen molar-refractivity contribution in [3.8, 4) is 0 Å². The molecule has 0 saturated heterocycles. The predicted molar refractivity (Wildman–Crippen MR) is 121 cm³/mol. The van der Waals surface area contributed by atoms with Crippen LogP contribution in [0.5, 0.6) is 0 Å². The molecule has 0 radical (unpaired) electrons. The van der Waals surface area contributed by atoms with Crippen LogP contribution in [0, 0.1) is 0 Å². The van der Waals surface area contributed by atoms with Crippen molar-refractivity contribution in [2.24, 2.45) is 0 Å². The predicted octanol–water partition coefficient (Wildman–Crippen LogP) is 4.16. The van der Waals surface area contributed by atoms with Crippen molar-refractivity contribution in [1.82, 2.24) is 0 Å². The first kappa shape index (κ1) is 26.4. The minimum absolute atomic E-state index is 0.325. The van der Waals surface area contributed by atoms with Crippen LogP contribution in [0.3, 0.4) is 0 Å². The average Bonchev–Trinajstić information content (AvgIpc) is 2.81. The standard InChI is InChI=1S/2C10H10O4.2C2H5.Sn/c2*1-7(11)14-9(10(12)13)8-5-3-2-4-6-8;2*1-2;/h2*2-6,9H,1H3,(H,12,13);2*1H2,2H3;/q;;;;+2/p-2/t2*9-;;;/m00.../s1. The third-order valence-electron chi connectivity index (χ3n) is 4.85. The van der Waals surface area contributed by atoms with Gasteiger partial charge in [-0.3, -0.25) is 0 Å². The number of carbonyl (C=O) groups is 4. The summed E-state index contributed by atoms with van der Waals surface area (Å²) in [5.41, 5.74) is 0.886. The van der Waals surface area contributed by atoms with Crippen molar-refractivity contribution >= 4 is 43.1 Å². The third kappa shape index (κ3) is 7.59. The van der Waals surface area contributed by atoms with Crippen molar-refractivity contribution < 1.29 is 34.8 Å². The zero-order valence-electron chi connectivity index (χ0n) is 19.1. The Morgan fingerprint density at radius 1 is 0.667 bits per heavy atom. The van der Waals surface area contributed by atoms with Gasteiger partial charge in [0, 0.05) is 0 Å². The zero-order chi connectivity index (χ0) is 24.4. The number of rotatable bonds is 10. The fraction of sp³-hybridized carbons (Fsp3) is 0.333. The van der Waals surface area contributed by atoms with Gasteiger partial charge in [-0.15, -0.1) is 0 Å². The molecule has 176 valence electrons. The molecule has 2 aromatic rings. The first-order valence-electron chi connectivity index (χ1n) is 10.6. The minimum atomic E-state index is -4.36. The second kappa shape index (κ2) is 12.4. The third-order valence-corrected chi connectivity index (χ3v) is 14.3. The molecule has 8 nitrogen and oxygen atoms in total. The maximum atomic E-state index is 13.1. The second-order valence-corrected chi connectivity index (χ2v) is 17.7. The monoisotopic (exact) mass is 564 g/mol. The topological polar surface area (TPSA) is 105 Å². The Labute approximate surface area is 198 Å². The van der Waals surface area contributed by atoms with Gasteiger partial charge in [0.15, 0.2) is 0 Å². The second-order valence-electron chi connectivity index (χ2n) is 7.26. The Balaban J connectivity index is 2.30. The van der Waals surface area contributed by atoms with E-state index in [4.69, 9.17) is 15.6 Å². The molecule has 0 N–H and O–H groups in total. The van der Waals surface area contributed by atoms with E-state index in [1.807, 2.05) is 0 Å². The van der Waals surface area contributed by atoms with Gasteiger partial charge in [0.25, 0.3) is 0 Å². The summed E-state index contributed by atoms with van der Waals surface area (Å²) >= 11 is -4.36. The van der Waals surface area contributed by atoms with Crippen LogP contribution in [0.2, 0.25) is 8.87 Å². The van der Waals surface area contributed by atoms with Crippen molar-refractivity contribution in [1.29, 1.82) is 0 Å². The van der Waals surface area contributed by atoms with Crippen LogP contribution in [-0.4, -0.2) is 43.1 Å². The molecule has 0 amide bonds. The van der Waals surface area contributed by atoms with Crippen LogP contribution < -0.4 is 0 Å². The molecule has 2 aromatic carbocycles. The van der Waals surface area contributed by atoms with Crippen LogP contribution in [0.1, 0.15) is 51.0 Å². The van der Waals surface area contributed by atoms with Gasteiger partial charge < -0.3 is 0 Å². The molecule has 33 heavy (non-hydrogen) atoms. The molecule has 9 heteroatoms. The fourth-order valence-corrected chi connectivity index (χ4v) is 9.02.